The van der Waals surface area contributed by atoms with Gasteiger partial charge in [0.15, 0.2) is 0 Å². The van der Waals surface area contributed by atoms with Crippen LogP contribution in [0.1, 0.15) is 25.0 Å². The predicted octanol–water partition coefficient (Wildman–Crippen LogP) is 3.76. The van der Waals surface area contributed by atoms with Gasteiger partial charge < -0.3 is 0 Å². The van der Waals surface area contributed by atoms with Gasteiger partial charge in [-0.05, 0) is 19.4 Å². The van der Waals surface area contributed by atoms with E-state index >= 15 is 0 Å². The molecule has 0 heterocycles. The zero-order valence-electron chi connectivity index (χ0n) is 14.0. The zero-order chi connectivity index (χ0) is 18.2. The molecule has 0 aromatic heterocycles. The molecule has 25 heavy (non-hydrogen) atoms. The SMILES string of the molecule is C/C(=N/NC(=O)[C@@H](C)SCc1ccccc1)c1cccc([N+](=O)[O-])c1. The lowest BCUT2D eigenvalue weighted by Gasteiger charge is -2.10. The third kappa shape index (κ3) is 5.72. The summed E-state index contributed by atoms with van der Waals surface area (Å²) in [5.41, 5.74) is 4.78. The van der Waals surface area contributed by atoms with Crippen LogP contribution in [0.25, 0.3) is 0 Å². The maximum absolute atomic E-state index is 12.1. The molecule has 0 aliphatic rings. The topological polar surface area (TPSA) is 84.6 Å². The molecule has 0 aliphatic carbocycles. The number of rotatable bonds is 7. The molecule has 2 rings (SSSR count). The van der Waals surface area contributed by atoms with Crippen LogP contribution in [0.3, 0.4) is 0 Å². The quantitative estimate of drug-likeness (QED) is 0.464. The van der Waals surface area contributed by atoms with Crippen LogP contribution in [0.4, 0.5) is 5.69 Å². The summed E-state index contributed by atoms with van der Waals surface area (Å²) in [4.78, 5) is 22.5. The third-order valence-electron chi connectivity index (χ3n) is 3.52. The number of thioether (sulfide) groups is 1. The van der Waals surface area contributed by atoms with E-state index < -0.39 is 4.92 Å². The van der Waals surface area contributed by atoms with E-state index in [9.17, 15) is 14.9 Å². The van der Waals surface area contributed by atoms with Crippen LogP contribution >= 0.6 is 11.8 Å². The maximum atomic E-state index is 12.1. The van der Waals surface area contributed by atoms with E-state index in [1.54, 1.807) is 19.1 Å². The molecular weight excluding hydrogens is 338 g/mol. The molecule has 1 amide bonds. The fraction of sp³-hybridized carbons (Fsp3) is 0.222. The van der Waals surface area contributed by atoms with Crippen LogP contribution in [-0.2, 0) is 10.5 Å². The second-order valence-electron chi connectivity index (χ2n) is 5.42. The average Bonchev–Trinajstić information content (AvgIpc) is 2.64. The normalized spacial score (nSPS) is 12.5. The fourth-order valence-corrected chi connectivity index (χ4v) is 2.85. The highest BCUT2D eigenvalue weighted by atomic mass is 32.2. The van der Waals surface area contributed by atoms with Crippen LogP contribution < -0.4 is 5.43 Å². The van der Waals surface area contributed by atoms with E-state index in [2.05, 4.69) is 10.5 Å². The van der Waals surface area contributed by atoms with Crippen LogP contribution in [0, 0.1) is 10.1 Å². The molecule has 0 radical (unpaired) electrons. The molecule has 130 valence electrons. The first kappa shape index (κ1) is 18.7. The van der Waals surface area contributed by atoms with E-state index in [4.69, 9.17) is 0 Å². The minimum absolute atomic E-state index is 0.00911. The Bertz CT molecular complexity index is 778. The zero-order valence-corrected chi connectivity index (χ0v) is 14.8. The van der Waals surface area contributed by atoms with Gasteiger partial charge in [-0.1, -0.05) is 42.5 Å². The number of carbonyl (C=O) groups is 1. The van der Waals surface area contributed by atoms with E-state index in [0.717, 1.165) is 11.3 Å². The summed E-state index contributed by atoms with van der Waals surface area (Å²) < 4.78 is 0. The lowest BCUT2D eigenvalue weighted by molar-refractivity contribution is -0.384. The Morgan fingerprint density at radius 3 is 2.64 bits per heavy atom. The molecule has 0 spiro atoms. The van der Waals surface area contributed by atoms with Gasteiger partial charge in [-0.15, -0.1) is 11.8 Å². The van der Waals surface area contributed by atoms with Crippen molar-refractivity contribution in [2.75, 3.05) is 0 Å². The minimum Gasteiger partial charge on any atom is -0.272 e. The number of benzene rings is 2. The number of nitro groups is 1. The van der Waals surface area contributed by atoms with Crippen molar-refractivity contribution in [2.24, 2.45) is 5.10 Å². The first-order valence-corrected chi connectivity index (χ1v) is 8.76. The lowest BCUT2D eigenvalue weighted by Crippen LogP contribution is -2.27. The highest BCUT2D eigenvalue weighted by molar-refractivity contribution is 7.99. The number of nitrogens with one attached hydrogen (secondary N) is 1. The number of hydrogen-bond acceptors (Lipinski definition) is 5. The van der Waals surface area contributed by atoms with Gasteiger partial charge >= 0.3 is 0 Å². The Morgan fingerprint density at radius 1 is 1.24 bits per heavy atom. The molecule has 0 aliphatic heterocycles. The summed E-state index contributed by atoms with van der Waals surface area (Å²) in [6.45, 7) is 3.52. The summed E-state index contributed by atoms with van der Waals surface area (Å²) in [5.74, 6) is 0.536. The molecule has 0 saturated carbocycles. The number of hydrazone groups is 1. The number of nitro benzene ring substituents is 1. The Kier molecular flexibility index (Phi) is 6.71. The van der Waals surface area contributed by atoms with Crippen molar-refractivity contribution >= 4 is 29.1 Å². The van der Waals surface area contributed by atoms with Crippen molar-refractivity contribution < 1.29 is 9.72 Å². The molecule has 0 fully saturated rings. The van der Waals surface area contributed by atoms with Crippen LogP contribution in [0.2, 0.25) is 0 Å². The monoisotopic (exact) mass is 357 g/mol. The van der Waals surface area contributed by atoms with E-state index in [1.807, 2.05) is 37.3 Å². The van der Waals surface area contributed by atoms with Gasteiger partial charge in [0.25, 0.3) is 11.6 Å². The van der Waals surface area contributed by atoms with Gasteiger partial charge in [-0.3, -0.25) is 14.9 Å². The Hall–Kier alpha value is -2.67. The van der Waals surface area contributed by atoms with Crippen molar-refractivity contribution in [1.29, 1.82) is 0 Å². The molecule has 1 atom stereocenters. The molecule has 2 aromatic carbocycles. The molecule has 0 unspecified atom stereocenters. The highest BCUT2D eigenvalue weighted by Crippen LogP contribution is 2.18. The largest absolute Gasteiger partial charge is 0.272 e. The van der Waals surface area contributed by atoms with Gasteiger partial charge in [0.2, 0.25) is 0 Å². The molecule has 6 nitrogen and oxygen atoms in total. The van der Waals surface area contributed by atoms with Gasteiger partial charge in [-0.25, -0.2) is 5.43 Å². The van der Waals surface area contributed by atoms with E-state index in [0.29, 0.717) is 11.3 Å². The van der Waals surface area contributed by atoms with Gasteiger partial charge in [0.1, 0.15) is 0 Å². The third-order valence-corrected chi connectivity index (χ3v) is 4.73. The van der Waals surface area contributed by atoms with Crippen LogP contribution in [-0.4, -0.2) is 21.8 Å². The molecule has 0 saturated heterocycles. The molecule has 1 N–H and O–H groups in total. The Labute approximate surface area is 150 Å². The summed E-state index contributed by atoms with van der Waals surface area (Å²) in [5, 5.41) is 14.6. The van der Waals surface area contributed by atoms with Gasteiger partial charge in [-0.2, -0.15) is 5.10 Å². The summed E-state index contributed by atoms with van der Waals surface area (Å²) >= 11 is 1.52. The second-order valence-corrected chi connectivity index (χ2v) is 6.75. The highest BCUT2D eigenvalue weighted by Gasteiger charge is 2.13. The summed E-state index contributed by atoms with van der Waals surface area (Å²) in [6, 6.07) is 16.1. The van der Waals surface area contributed by atoms with Crippen molar-refractivity contribution in [3.63, 3.8) is 0 Å². The fourth-order valence-electron chi connectivity index (χ4n) is 2.01. The summed E-state index contributed by atoms with van der Waals surface area (Å²) in [6.07, 6.45) is 0. The van der Waals surface area contributed by atoms with Crippen LogP contribution in [0.15, 0.2) is 59.7 Å². The standard InChI is InChI=1S/C18H19N3O3S/c1-13(16-9-6-10-17(11-16)21(23)24)19-20-18(22)14(2)25-12-15-7-4-3-5-8-15/h3-11,14H,12H2,1-2H3,(H,20,22)/b19-13-/t14-/m1/s1. The molecule has 0 bridgehead atoms. The maximum Gasteiger partial charge on any atom is 0.270 e. The summed E-state index contributed by atoms with van der Waals surface area (Å²) in [7, 11) is 0. The van der Waals surface area contributed by atoms with Crippen molar-refractivity contribution in [2.45, 2.75) is 24.9 Å². The number of hydrogen-bond donors (Lipinski definition) is 1. The van der Waals surface area contributed by atoms with Crippen LogP contribution in [0.5, 0.6) is 0 Å². The molecular formula is C18H19N3O3S. The van der Waals surface area contributed by atoms with E-state index in [-0.39, 0.29) is 16.8 Å². The van der Waals surface area contributed by atoms with Gasteiger partial charge in [0, 0.05) is 23.4 Å². The molecule has 2 aromatic rings. The lowest BCUT2D eigenvalue weighted by atomic mass is 10.1. The Balaban J connectivity index is 1.92. The average molecular weight is 357 g/mol. The van der Waals surface area contributed by atoms with Crippen molar-refractivity contribution in [1.82, 2.24) is 5.43 Å². The van der Waals surface area contributed by atoms with E-state index in [1.165, 1.54) is 23.9 Å². The number of carbonyl (C=O) groups excluding carboxylic acids is 1. The second kappa shape index (κ2) is 8.98. The minimum atomic E-state index is -0.461. The first-order chi connectivity index (χ1) is 12.0. The van der Waals surface area contributed by atoms with Crippen molar-refractivity contribution in [3.8, 4) is 0 Å². The predicted molar refractivity (Wildman–Crippen MR) is 101 cm³/mol. The number of non-ortho nitro benzene ring substituents is 1. The Morgan fingerprint density at radius 2 is 1.96 bits per heavy atom. The van der Waals surface area contributed by atoms with Crippen molar-refractivity contribution in [3.05, 3.63) is 75.8 Å². The number of nitrogens with zero attached hydrogens (tertiary/aromatic N) is 2. The van der Waals surface area contributed by atoms with Gasteiger partial charge in [0.05, 0.1) is 15.9 Å². The number of amides is 1. The molecule has 7 heteroatoms. The first-order valence-electron chi connectivity index (χ1n) is 7.72. The smallest absolute Gasteiger partial charge is 0.270 e.